The maximum absolute atomic E-state index is 16.4. The standard InChI is InChI=1S/C39H45F3/c1-24-20-28(37(8,9)10)23-33(24)38(39(40,41)42,25-14-12-11-13-15-25)34-29-18-16-26(35(2,3)4)21-31(29)32-22-27(36(5,6)7)17-19-30(32)34/h11-19,21-23,34H,20H2,1-10H3. The van der Waals surface area contributed by atoms with Gasteiger partial charge in [-0.05, 0) is 74.1 Å². The van der Waals surface area contributed by atoms with Crippen LogP contribution in [0.4, 0.5) is 13.2 Å². The molecule has 0 nitrogen and oxygen atoms in total. The molecule has 0 spiro atoms. The van der Waals surface area contributed by atoms with Crippen LogP contribution in [-0.2, 0) is 16.2 Å². The summed E-state index contributed by atoms with van der Waals surface area (Å²) in [5.74, 6) is -0.923. The second kappa shape index (κ2) is 9.73. The molecule has 1 unspecified atom stereocenters. The Morgan fingerprint density at radius 1 is 0.595 bits per heavy atom. The second-order valence-corrected chi connectivity index (χ2v) is 15.5. The Hall–Kier alpha value is -3.07. The Morgan fingerprint density at radius 3 is 1.45 bits per heavy atom. The van der Waals surface area contributed by atoms with E-state index in [9.17, 15) is 0 Å². The SMILES string of the molecule is CC1=C(C(c2ccccc2)(C2c3ccc(C(C)(C)C)cc3-c3cc(C(C)(C)C)ccc32)C(F)(F)F)C=C(C(C)(C)C)C1. The van der Waals surface area contributed by atoms with Crippen molar-refractivity contribution in [2.24, 2.45) is 5.41 Å². The first-order chi connectivity index (χ1) is 19.3. The van der Waals surface area contributed by atoms with Crippen molar-refractivity contribution in [3.63, 3.8) is 0 Å². The molecule has 2 aliphatic carbocycles. The van der Waals surface area contributed by atoms with Gasteiger partial charge in [0.1, 0.15) is 5.41 Å². The molecule has 0 amide bonds. The van der Waals surface area contributed by atoms with Crippen LogP contribution in [-0.4, -0.2) is 6.18 Å². The van der Waals surface area contributed by atoms with E-state index in [0.29, 0.717) is 17.6 Å². The van der Waals surface area contributed by atoms with Crippen LogP contribution < -0.4 is 0 Å². The molecule has 5 rings (SSSR count). The van der Waals surface area contributed by atoms with Gasteiger partial charge in [-0.1, -0.05) is 146 Å². The lowest BCUT2D eigenvalue weighted by Crippen LogP contribution is -2.49. The molecule has 0 fully saturated rings. The van der Waals surface area contributed by atoms with Gasteiger partial charge >= 0.3 is 6.18 Å². The van der Waals surface area contributed by atoms with Crippen molar-refractivity contribution in [3.8, 4) is 11.1 Å². The normalized spacial score (nSPS) is 17.7. The van der Waals surface area contributed by atoms with E-state index in [4.69, 9.17) is 0 Å². The van der Waals surface area contributed by atoms with Crippen LogP contribution in [0, 0.1) is 5.41 Å². The van der Waals surface area contributed by atoms with Gasteiger partial charge in [-0.15, -0.1) is 0 Å². The first-order valence-electron chi connectivity index (χ1n) is 15.1. The zero-order valence-corrected chi connectivity index (χ0v) is 26.8. The molecular weight excluding hydrogens is 525 g/mol. The van der Waals surface area contributed by atoms with Crippen molar-refractivity contribution < 1.29 is 13.2 Å². The van der Waals surface area contributed by atoms with Gasteiger partial charge in [0.05, 0.1) is 0 Å². The third-order valence-corrected chi connectivity index (χ3v) is 9.48. The lowest BCUT2D eigenvalue weighted by molar-refractivity contribution is -0.182. The molecule has 3 heteroatoms. The molecular formula is C39H45F3. The Morgan fingerprint density at radius 2 is 1.07 bits per heavy atom. The number of benzene rings is 3. The van der Waals surface area contributed by atoms with E-state index in [2.05, 4.69) is 74.4 Å². The quantitative estimate of drug-likeness (QED) is 0.294. The van der Waals surface area contributed by atoms with Gasteiger partial charge in [0, 0.05) is 5.92 Å². The van der Waals surface area contributed by atoms with Crippen LogP contribution >= 0.6 is 0 Å². The lowest BCUT2D eigenvalue weighted by Gasteiger charge is -2.43. The highest BCUT2D eigenvalue weighted by Gasteiger charge is 2.65. The summed E-state index contributed by atoms with van der Waals surface area (Å²) in [6.07, 6.45) is -2.12. The zero-order valence-electron chi connectivity index (χ0n) is 26.8. The van der Waals surface area contributed by atoms with Crippen molar-refractivity contribution in [1.82, 2.24) is 0 Å². The number of rotatable bonds is 3. The van der Waals surface area contributed by atoms with E-state index in [1.54, 1.807) is 30.3 Å². The molecule has 0 aromatic heterocycles. The van der Waals surface area contributed by atoms with Crippen LogP contribution in [0.1, 0.15) is 109 Å². The third-order valence-electron chi connectivity index (χ3n) is 9.48. The highest BCUT2D eigenvalue weighted by Crippen LogP contribution is 2.64. The molecule has 1 atom stereocenters. The maximum Gasteiger partial charge on any atom is 0.403 e. The van der Waals surface area contributed by atoms with Gasteiger partial charge in [0.2, 0.25) is 0 Å². The first kappa shape index (κ1) is 30.4. The molecule has 0 N–H and O–H groups in total. The predicted molar refractivity (Wildman–Crippen MR) is 170 cm³/mol. The van der Waals surface area contributed by atoms with Gasteiger partial charge in [-0.25, -0.2) is 0 Å². The molecule has 0 heterocycles. The summed E-state index contributed by atoms with van der Waals surface area (Å²) >= 11 is 0. The van der Waals surface area contributed by atoms with Gasteiger partial charge in [0.25, 0.3) is 0 Å². The smallest absolute Gasteiger partial charge is 0.170 e. The van der Waals surface area contributed by atoms with Crippen molar-refractivity contribution in [3.05, 3.63) is 117 Å². The monoisotopic (exact) mass is 570 g/mol. The predicted octanol–water partition coefficient (Wildman–Crippen LogP) is 11.6. The zero-order chi connectivity index (χ0) is 31.0. The summed E-state index contributed by atoms with van der Waals surface area (Å²) < 4.78 is 49.3. The van der Waals surface area contributed by atoms with Crippen molar-refractivity contribution in [2.75, 3.05) is 0 Å². The van der Waals surface area contributed by atoms with Crippen molar-refractivity contribution in [1.29, 1.82) is 0 Å². The molecule has 3 aromatic rings. The Labute approximate surface area is 250 Å². The lowest BCUT2D eigenvalue weighted by atomic mass is 9.61. The average molecular weight is 571 g/mol. The van der Waals surface area contributed by atoms with Gasteiger partial charge in [-0.2, -0.15) is 13.2 Å². The van der Waals surface area contributed by atoms with E-state index in [-0.39, 0.29) is 16.2 Å². The topological polar surface area (TPSA) is 0 Å². The largest absolute Gasteiger partial charge is 0.403 e. The van der Waals surface area contributed by atoms with Gasteiger partial charge < -0.3 is 0 Å². The fraction of sp³-hybridized carbons (Fsp3) is 0.436. The van der Waals surface area contributed by atoms with Crippen molar-refractivity contribution in [2.45, 2.75) is 104 Å². The van der Waals surface area contributed by atoms with Crippen LogP contribution in [0.5, 0.6) is 0 Å². The summed E-state index contributed by atoms with van der Waals surface area (Å²) in [7, 11) is 0. The van der Waals surface area contributed by atoms with Crippen molar-refractivity contribution >= 4 is 0 Å². The second-order valence-electron chi connectivity index (χ2n) is 15.5. The number of alkyl halides is 3. The van der Waals surface area contributed by atoms with Crippen LogP contribution in [0.15, 0.2) is 89.5 Å². The van der Waals surface area contributed by atoms with E-state index < -0.39 is 17.5 Å². The summed E-state index contributed by atoms with van der Waals surface area (Å²) in [6, 6.07) is 21.0. The van der Waals surface area contributed by atoms with E-state index >= 15 is 13.2 Å². The minimum absolute atomic E-state index is 0.135. The molecule has 0 saturated carbocycles. The molecule has 2 aliphatic rings. The van der Waals surface area contributed by atoms with Gasteiger partial charge in [0.15, 0.2) is 0 Å². The van der Waals surface area contributed by atoms with E-state index in [0.717, 1.165) is 44.5 Å². The number of allylic oxidation sites excluding steroid dienone is 4. The van der Waals surface area contributed by atoms with Gasteiger partial charge in [-0.3, -0.25) is 0 Å². The highest BCUT2D eigenvalue weighted by molar-refractivity contribution is 5.82. The fourth-order valence-corrected chi connectivity index (χ4v) is 6.97. The molecule has 222 valence electrons. The summed E-state index contributed by atoms with van der Waals surface area (Å²) in [6.45, 7) is 21.1. The minimum Gasteiger partial charge on any atom is -0.170 e. The van der Waals surface area contributed by atoms with E-state index in [1.165, 1.54) is 0 Å². The molecule has 3 aromatic carbocycles. The molecule has 0 radical (unpaired) electrons. The summed E-state index contributed by atoms with van der Waals surface area (Å²) in [5.41, 5.74) is 5.39. The average Bonchev–Trinajstić information content (AvgIpc) is 3.42. The number of halogens is 3. The molecule has 42 heavy (non-hydrogen) atoms. The Kier molecular flexibility index (Phi) is 7.04. The summed E-state index contributed by atoms with van der Waals surface area (Å²) in [5, 5.41) is 0. The minimum atomic E-state index is -4.57. The third kappa shape index (κ3) is 4.77. The maximum atomic E-state index is 16.4. The molecule has 0 saturated heterocycles. The van der Waals surface area contributed by atoms with Crippen LogP contribution in [0.3, 0.4) is 0 Å². The number of fused-ring (bicyclic) bond motifs is 3. The Bertz CT molecular complexity index is 1510. The number of hydrogen-bond donors (Lipinski definition) is 0. The molecule has 0 aliphatic heterocycles. The summed E-state index contributed by atoms with van der Waals surface area (Å²) in [4.78, 5) is 0. The molecule has 0 bridgehead atoms. The first-order valence-corrected chi connectivity index (χ1v) is 15.1. The van der Waals surface area contributed by atoms with Crippen LogP contribution in [0.2, 0.25) is 0 Å². The Balaban J connectivity index is 1.94. The fourth-order valence-electron chi connectivity index (χ4n) is 6.97. The van der Waals surface area contributed by atoms with E-state index in [1.807, 2.05) is 37.3 Å². The highest BCUT2D eigenvalue weighted by atomic mass is 19.4. The number of hydrogen-bond acceptors (Lipinski definition) is 0. The van der Waals surface area contributed by atoms with Crippen LogP contribution in [0.25, 0.3) is 11.1 Å².